The van der Waals surface area contributed by atoms with Gasteiger partial charge in [-0.05, 0) is 52.1 Å². The van der Waals surface area contributed by atoms with Gasteiger partial charge in [0.2, 0.25) is 0 Å². The van der Waals surface area contributed by atoms with Crippen LogP contribution in [-0.4, -0.2) is 55.3 Å². The van der Waals surface area contributed by atoms with Crippen molar-refractivity contribution in [2.75, 3.05) is 26.2 Å². The number of nitrogens with zero attached hydrogens (tertiary/aromatic N) is 2. The van der Waals surface area contributed by atoms with Crippen molar-refractivity contribution in [1.82, 2.24) is 10.2 Å². The van der Waals surface area contributed by atoms with Gasteiger partial charge in [-0.2, -0.15) is 0 Å². The van der Waals surface area contributed by atoms with E-state index in [-0.39, 0.29) is 0 Å². The number of likely N-dealkylation sites (N-methyl/N-ethyl adjacent to an activating group) is 1. The third kappa shape index (κ3) is 3.57. The van der Waals surface area contributed by atoms with Gasteiger partial charge in [0.25, 0.3) is 0 Å². The standard InChI is InChI=1S/C19H36N4O/c1-3-23-12-8-9-15(23)14-21-18(20)22-16-13-17(24-4-2)19(16)10-6-5-7-11-19/h15-17H,3-14H2,1-2H3,(H3,20,21,22). The van der Waals surface area contributed by atoms with Gasteiger partial charge < -0.3 is 15.8 Å². The SMILES string of the molecule is CCOC1CC(NC(N)=NCC2CCCN2CC)C12CCCCC2. The Balaban J connectivity index is 1.55. The molecule has 3 unspecified atom stereocenters. The second kappa shape index (κ2) is 8.05. The quantitative estimate of drug-likeness (QED) is 0.578. The van der Waals surface area contributed by atoms with Crippen LogP contribution in [0.15, 0.2) is 4.99 Å². The minimum absolute atomic E-state index is 0.303. The Bertz CT molecular complexity index is 433. The summed E-state index contributed by atoms with van der Waals surface area (Å²) < 4.78 is 6.03. The number of ether oxygens (including phenoxy) is 1. The van der Waals surface area contributed by atoms with Crippen LogP contribution in [0.3, 0.4) is 0 Å². The van der Waals surface area contributed by atoms with Gasteiger partial charge >= 0.3 is 0 Å². The van der Waals surface area contributed by atoms with E-state index in [0.29, 0.717) is 29.6 Å². The summed E-state index contributed by atoms with van der Waals surface area (Å²) in [5, 5.41) is 3.55. The molecule has 1 heterocycles. The van der Waals surface area contributed by atoms with E-state index in [1.165, 1.54) is 51.5 Å². The minimum Gasteiger partial charge on any atom is -0.378 e. The molecule has 1 aliphatic heterocycles. The van der Waals surface area contributed by atoms with E-state index in [9.17, 15) is 0 Å². The first-order valence-corrected chi connectivity index (χ1v) is 10.1. The molecule has 138 valence electrons. The van der Waals surface area contributed by atoms with Crippen molar-refractivity contribution in [3.05, 3.63) is 0 Å². The molecule has 0 aromatic rings. The van der Waals surface area contributed by atoms with Gasteiger partial charge in [0, 0.05) is 24.1 Å². The van der Waals surface area contributed by atoms with Crippen LogP contribution in [0.2, 0.25) is 0 Å². The van der Waals surface area contributed by atoms with Crippen LogP contribution in [0, 0.1) is 5.41 Å². The van der Waals surface area contributed by atoms with Crippen molar-refractivity contribution in [2.45, 2.75) is 83.4 Å². The molecule has 0 amide bonds. The van der Waals surface area contributed by atoms with E-state index >= 15 is 0 Å². The molecule has 0 radical (unpaired) electrons. The number of nitrogens with two attached hydrogens (primary N) is 1. The summed E-state index contributed by atoms with van der Waals surface area (Å²) in [6.45, 7) is 8.33. The number of hydrogen-bond acceptors (Lipinski definition) is 3. The third-order valence-electron chi connectivity index (χ3n) is 6.64. The summed E-state index contributed by atoms with van der Waals surface area (Å²) in [5.41, 5.74) is 6.54. The maximum atomic E-state index is 6.24. The zero-order valence-corrected chi connectivity index (χ0v) is 15.6. The molecule has 0 aromatic heterocycles. The largest absolute Gasteiger partial charge is 0.378 e. The van der Waals surface area contributed by atoms with E-state index in [1.54, 1.807) is 0 Å². The summed E-state index contributed by atoms with van der Waals surface area (Å²) in [6, 6.07) is 1.03. The normalized spacial score (nSPS) is 33.6. The van der Waals surface area contributed by atoms with Crippen molar-refractivity contribution >= 4 is 5.96 Å². The Morgan fingerprint density at radius 3 is 2.75 bits per heavy atom. The van der Waals surface area contributed by atoms with E-state index in [4.69, 9.17) is 10.5 Å². The number of hydrogen-bond donors (Lipinski definition) is 2. The zero-order chi connectivity index (χ0) is 17.0. The fraction of sp³-hybridized carbons (Fsp3) is 0.947. The van der Waals surface area contributed by atoms with Gasteiger partial charge in [-0.1, -0.05) is 26.2 Å². The Morgan fingerprint density at radius 1 is 1.25 bits per heavy atom. The fourth-order valence-electron chi connectivity index (χ4n) is 5.21. The summed E-state index contributed by atoms with van der Waals surface area (Å²) in [5.74, 6) is 0.642. The Morgan fingerprint density at radius 2 is 2.04 bits per heavy atom. The molecule has 3 atom stereocenters. The molecule has 5 heteroatoms. The molecule has 1 spiro atoms. The molecular formula is C19H36N4O. The molecule has 0 bridgehead atoms. The van der Waals surface area contributed by atoms with Crippen LogP contribution in [-0.2, 0) is 4.74 Å². The summed E-state index contributed by atoms with van der Waals surface area (Å²) in [7, 11) is 0. The lowest BCUT2D eigenvalue weighted by atomic mass is 9.55. The van der Waals surface area contributed by atoms with Crippen molar-refractivity contribution in [3.8, 4) is 0 Å². The summed E-state index contributed by atoms with van der Waals surface area (Å²) in [4.78, 5) is 7.20. The van der Waals surface area contributed by atoms with Crippen LogP contribution in [0.4, 0.5) is 0 Å². The molecule has 3 N–H and O–H groups in total. The number of aliphatic imine (C=N–C) groups is 1. The number of rotatable bonds is 6. The molecule has 3 fully saturated rings. The first kappa shape index (κ1) is 18.0. The monoisotopic (exact) mass is 336 g/mol. The summed E-state index contributed by atoms with van der Waals surface area (Å²) in [6.07, 6.45) is 10.6. The Labute approximate surface area is 147 Å². The van der Waals surface area contributed by atoms with Gasteiger partial charge in [0.15, 0.2) is 5.96 Å². The Hall–Kier alpha value is -0.810. The predicted molar refractivity (Wildman–Crippen MR) is 99.2 cm³/mol. The average molecular weight is 337 g/mol. The highest BCUT2D eigenvalue weighted by molar-refractivity contribution is 5.78. The second-order valence-electron chi connectivity index (χ2n) is 7.82. The first-order valence-electron chi connectivity index (χ1n) is 10.1. The van der Waals surface area contributed by atoms with Gasteiger partial charge in [0.1, 0.15) is 0 Å². The van der Waals surface area contributed by atoms with E-state index in [0.717, 1.165) is 26.1 Å². The number of likely N-dealkylation sites (tertiary alicyclic amines) is 1. The third-order valence-corrected chi connectivity index (χ3v) is 6.64. The topological polar surface area (TPSA) is 62.9 Å². The molecule has 5 nitrogen and oxygen atoms in total. The highest BCUT2D eigenvalue weighted by Gasteiger charge is 2.55. The lowest BCUT2D eigenvalue weighted by Gasteiger charge is -2.57. The lowest BCUT2D eigenvalue weighted by molar-refractivity contribution is -0.145. The van der Waals surface area contributed by atoms with Crippen LogP contribution < -0.4 is 11.1 Å². The van der Waals surface area contributed by atoms with Crippen LogP contribution in [0.5, 0.6) is 0 Å². The maximum Gasteiger partial charge on any atom is 0.188 e. The molecule has 1 saturated heterocycles. The van der Waals surface area contributed by atoms with Crippen molar-refractivity contribution < 1.29 is 4.74 Å². The van der Waals surface area contributed by atoms with Gasteiger partial charge in [-0.25, -0.2) is 0 Å². The molecular weight excluding hydrogens is 300 g/mol. The van der Waals surface area contributed by atoms with E-state index in [1.807, 2.05) is 0 Å². The highest BCUT2D eigenvalue weighted by atomic mass is 16.5. The Kier molecular flexibility index (Phi) is 6.03. The average Bonchev–Trinajstić information content (AvgIpc) is 3.07. The van der Waals surface area contributed by atoms with Crippen LogP contribution in [0.25, 0.3) is 0 Å². The minimum atomic E-state index is 0.303. The highest BCUT2D eigenvalue weighted by Crippen LogP contribution is 2.53. The van der Waals surface area contributed by atoms with Gasteiger partial charge in [-0.15, -0.1) is 0 Å². The smallest absolute Gasteiger partial charge is 0.188 e. The molecule has 0 aromatic carbocycles. The predicted octanol–water partition coefficient (Wildman–Crippen LogP) is 2.50. The molecule has 2 aliphatic carbocycles. The van der Waals surface area contributed by atoms with Crippen LogP contribution in [0.1, 0.15) is 65.2 Å². The van der Waals surface area contributed by atoms with Gasteiger partial charge in [0.05, 0.1) is 12.6 Å². The first-order chi connectivity index (χ1) is 11.7. The lowest BCUT2D eigenvalue weighted by Crippen LogP contribution is -2.66. The summed E-state index contributed by atoms with van der Waals surface area (Å²) >= 11 is 0. The number of guanidine groups is 1. The van der Waals surface area contributed by atoms with E-state index in [2.05, 4.69) is 29.1 Å². The van der Waals surface area contributed by atoms with Crippen molar-refractivity contribution in [3.63, 3.8) is 0 Å². The van der Waals surface area contributed by atoms with Crippen molar-refractivity contribution in [2.24, 2.45) is 16.1 Å². The van der Waals surface area contributed by atoms with Gasteiger partial charge in [-0.3, -0.25) is 9.89 Å². The van der Waals surface area contributed by atoms with Crippen molar-refractivity contribution in [1.29, 1.82) is 0 Å². The molecule has 3 aliphatic rings. The number of nitrogens with one attached hydrogen (secondary N) is 1. The van der Waals surface area contributed by atoms with E-state index < -0.39 is 0 Å². The molecule has 2 saturated carbocycles. The molecule has 3 rings (SSSR count). The maximum absolute atomic E-state index is 6.24. The molecule has 24 heavy (non-hydrogen) atoms. The fourth-order valence-corrected chi connectivity index (χ4v) is 5.21. The zero-order valence-electron chi connectivity index (χ0n) is 15.6. The second-order valence-corrected chi connectivity index (χ2v) is 7.82. The van der Waals surface area contributed by atoms with Crippen LogP contribution >= 0.6 is 0 Å².